The molecular formula is C18H19ClFN3O. The molecule has 2 aromatic rings. The maximum Gasteiger partial charge on any atom is 0.270 e. The lowest BCUT2D eigenvalue weighted by molar-refractivity contribution is 0.0922. The van der Waals surface area contributed by atoms with Gasteiger partial charge < -0.3 is 10.6 Å². The molecule has 1 saturated carbocycles. The quantitative estimate of drug-likeness (QED) is 0.844. The van der Waals surface area contributed by atoms with Crippen LogP contribution < -0.4 is 10.6 Å². The molecule has 126 valence electrons. The largest absolute Gasteiger partial charge is 0.355 e. The Balaban J connectivity index is 1.68. The van der Waals surface area contributed by atoms with E-state index in [-0.39, 0.29) is 17.0 Å². The van der Waals surface area contributed by atoms with E-state index in [1.165, 1.54) is 18.6 Å². The van der Waals surface area contributed by atoms with E-state index in [1.54, 1.807) is 24.4 Å². The van der Waals surface area contributed by atoms with Crippen LogP contribution in [0.3, 0.4) is 0 Å². The zero-order chi connectivity index (χ0) is 16.9. The number of carbonyl (C=O) groups is 1. The van der Waals surface area contributed by atoms with Crippen molar-refractivity contribution in [1.82, 2.24) is 10.3 Å². The standard InChI is InChI=1S/C18H19ClFN3O/c19-15-10-13(6-7-16(15)20)22-14-8-9-21-17(11-14)18(24)23-12-4-2-1-3-5-12/h6-12H,1-5H2,(H,21,22)(H,23,24). The van der Waals surface area contributed by atoms with Gasteiger partial charge in [0.1, 0.15) is 11.5 Å². The third-order valence-corrected chi connectivity index (χ3v) is 4.43. The van der Waals surface area contributed by atoms with Gasteiger partial charge in [0.05, 0.1) is 5.02 Å². The number of hydrogen-bond donors (Lipinski definition) is 2. The number of halogens is 2. The van der Waals surface area contributed by atoms with E-state index in [0.29, 0.717) is 17.1 Å². The molecule has 1 amide bonds. The summed E-state index contributed by atoms with van der Waals surface area (Å²) in [6.07, 6.45) is 7.18. The van der Waals surface area contributed by atoms with Crippen molar-refractivity contribution in [3.05, 3.63) is 53.1 Å². The van der Waals surface area contributed by atoms with Gasteiger partial charge in [0, 0.05) is 23.6 Å². The fourth-order valence-electron chi connectivity index (χ4n) is 2.88. The summed E-state index contributed by atoms with van der Waals surface area (Å²) < 4.78 is 13.2. The highest BCUT2D eigenvalue weighted by molar-refractivity contribution is 6.31. The minimum atomic E-state index is -0.468. The monoisotopic (exact) mass is 347 g/mol. The van der Waals surface area contributed by atoms with Crippen LogP contribution in [0.15, 0.2) is 36.5 Å². The molecule has 2 N–H and O–H groups in total. The Labute approximate surface area is 145 Å². The average Bonchev–Trinajstić information content (AvgIpc) is 2.59. The molecule has 1 aromatic heterocycles. The molecule has 1 aromatic carbocycles. The Hall–Kier alpha value is -2.14. The van der Waals surface area contributed by atoms with E-state index >= 15 is 0 Å². The molecule has 1 aliphatic carbocycles. The van der Waals surface area contributed by atoms with Gasteiger partial charge in [-0.1, -0.05) is 30.9 Å². The smallest absolute Gasteiger partial charge is 0.270 e. The lowest BCUT2D eigenvalue weighted by atomic mass is 9.95. The fraction of sp³-hybridized carbons (Fsp3) is 0.333. The van der Waals surface area contributed by atoms with Crippen molar-refractivity contribution in [1.29, 1.82) is 0 Å². The highest BCUT2D eigenvalue weighted by Gasteiger charge is 2.17. The molecule has 0 bridgehead atoms. The molecule has 1 fully saturated rings. The first kappa shape index (κ1) is 16.7. The zero-order valence-corrected chi connectivity index (χ0v) is 13.9. The summed E-state index contributed by atoms with van der Waals surface area (Å²) >= 11 is 5.78. The Bertz CT molecular complexity index is 732. The van der Waals surface area contributed by atoms with Crippen LogP contribution in [-0.4, -0.2) is 16.9 Å². The van der Waals surface area contributed by atoms with Crippen LogP contribution >= 0.6 is 11.6 Å². The molecule has 1 aliphatic rings. The van der Waals surface area contributed by atoms with E-state index in [4.69, 9.17) is 11.6 Å². The Kier molecular flexibility index (Phi) is 5.30. The SMILES string of the molecule is O=C(NC1CCCCC1)c1cc(Nc2ccc(F)c(Cl)c2)ccn1. The molecule has 0 aliphatic heterocycles. The van der Waals surface area contributed by atoms with Gasteiger partial charge >= 0.3 is 0 Å². The number of nitrogens with zero attached hydrogens (tertiary/aromatic N) is 1. The molecule has 0 saturated heterocycles. The van der Waals surface area contributed by atoms with Crippen LogP contribution in [0.2, 0.25) is 5.02 Å². The highest BCUT2D eigenvalue weighted by atomic mass is 35.5. The van der Waals surface area contributed by atoms with Gasteiger partial charge in [-0.15, -0.1) is 0 Å². The number of pyridine rings is 1. The van der Waals surface area contributed by atoms with Gasteiger partial charge in [-0.3, -0.25) is 9.78 Å². The lowest BCUT2D eigenvalue weighted by Crippen LogP contribution is -2.36. The van der Waals surface area contributed by atoms with Crippen molar-refractivity contribution in [3.63, 3.8) is 0 Å². The summed E-state index contributed by atoms with van der Waals surface area (Å²) in [5.41, 5.74) is 1.70. The fourth-order valence-corrected chi connectivity index (χ4v) is 3.06. The van der Waals surface area contributed by atoms with Gasteiger partial charge in [0.25, 0.3) is 5.91 Å². The highest BCUT2D eigenvalue weighted by Crippen LogP contribution is 2.23. The third-order valence-electron chi connectivity index (χ3n) is 4.14. The van der Waals surface area contributed by atoms with Gasteiger partial charge in [0.15, 0.2) is 0 Å². The second kappa shape index (κ2) is 7.62. The first-order valence-corrected chi connectivity index (χ1v) is 8.48. The van der Waals surface area contributed by atoms with E-state index in [1.807, 2.05) is 0 Å². The number of hydrogen-bond acceptors (Lipinski definition) is 3. The van der Waals surface area contributed by atoms with Crippen molar-refractivity contribution in [2.45, 2.75) is 38.1 Å². The average molecular weight is 348 g/mol. The normalized spacial score (nSPS) is 15.1. The van der Waals surface area contributed by atoms with Crippen molar-refractivity contribution in [2.75, 3.05) is 5.32 Å². The summed E-state index contributed by atoms with van der Waals surface area (Å²) in [5.74, 6) is -0.632. The number of rotatable bonds is 4. The maximum absolute atomic E-state index is 13.2. The molecule has 3 rings (SSSR count). The maximum atomic E-state index is 13.2. The molecule has 1 heterocycles. The Morgan fingerprint density at radius 1 is 1.12 bits per heavy atom. The van der Waals surface area contributed by atoms with Crippen molar-refractivity contribution < 1.29 is 9.18 Å². The van der Waals surface area contributed by atoms with Crippen LogP contribution in [0.25, 0.3) is 0 Å². The first-order chi connectivity index (χ1) is 11.6. The third kappa shape index (κ3) is 4.23. The summed E-state index contributed by atoms with van der Waals surface area (Å²) in [6, 6.07) is 8.04. The lowest BCUT2D eigenvalue weighted by Gasteiger charge is -2.22. The van der Waals surface area contributed by atoms with Crippen LogP contribution in [0.1, 0.15) is 42.6 Å². The molecule has 24 heavy (non-hydrogen) atoms. The molecule has 0 unspecified atom stereocenters. The first-order valence-electron chi connectivity index (χ1n) is 8.11. The number of benzene rings is 1. The predicted octanol–water partition coefficient (Wildman–Crippen LogP) is 4.68. The number of amides is 1. The van der Waals surface area contributed by atoms with Crippen LogP contribution in [-0.2, 0) is 0 Å². The number of anilines is 2. The number of carbonyl (C=O) groups excluding carboxylic acids is 1. The second-order valence-electron chi connectivity index (χ2n) is 5.99. The Morgan fingerprint density at radius 3 is 2.62 bits per heavy atom. The van der Waals surface area contributed by atoms with Gasteiger partial charge in [-0.2, -0.15) is 0 Å². The number of aromatic nitrogens is 1. The van der Waals surface area contributed by atoms with E-state index < -0.39 is 5.82 Å². The minimum absolute atomic E-state index is 0.0457. The van der Waals surface area contributed by atoms with Gasteiger partial charge in [-0.25, -0.2) is 4.39 Å². The van der Waals surface area contributed by atoms with Crippen molar-refractivity contribution >= 4 is 28.9 Å². The Morgan fingerprint density at radius 2 is 1.88 bits per heavy atom. The van der Waals surface area contributed by atoms with Crippen LogP contribution in [0, 0.1) is 5.82 Å². The van der Waals surface area contributed by atoms with Crippen molar-refractivity contribution in [3.8, 4) is 0 Å². The van der Waals surface area contributed by atoms with Crippen LogP contribution in [0.4, 0.5) is 15.8 Å². The number of nitrogens with one attached hydrogen (secondary N) is 2. The van der Waals surface area contributed by atoms with Crippen molar-refractivity contribution in [2.24, 2.45) is 0 Å². The second-order valence-corrected chi connectivity index (χ2v) is 6.40. The topological polar surface area (TPSA) is 54.0 Å². The van der Waals surface area contributed by atoms with Crippen LogP contribution in [0.5, 0.6) is 0 Å². The molecule has 0 spiro atoms. The molecule has 0 atom stereocenters. The van der Waals surface area contributed by atoms with E-state index in [0.717, 1.165) is 25.7 Å². The summed E-state index contributed by atoms with van der Waals surface area (Å²) in [6.45, 7) is 0. The van der Waals surface area contributed by atoms with Gasteiger partial charge in [0.2, 0.25) is 0 Å². The van der Waals surface area contributed by atoms with E-state index in [9.17, 15) is 9.18 Å². The van der Waals surface area contributed by atoms with E-state index in [2.05, 4.69) is 15.6 Å². The summed E-state index contributed by atoms with van der Waals surface area (Å²) in [7, 11) is 0. The zero-order valence-electron chi connectivity index (χ0n) is 13.2. The molecule has 6 heteroatoms. The van der Waals surface area contributed by atoms with Gasteiger partial charge in [-0.05, 0) is 43.2 Å². The molecule has 0 radical (unpaired) electrons. The molecule has 4 nitrogen and oxygen atoms in total. The summed E-state index contributed by atoms with van der Waals surface area (Å²) in [4.78, 5) is 16.5. The predicted molar refractivity (Wildman–Crippen MR) is 93.3 cm³/mol. The minimum Gasteiger partial charge on any atom is -0.355 e. The summed E-state index contributed by atoms with van der Waals surface area (Å²) in [5, 5.41) is 6.19. The molecular weight excluding hydrogens is 329 g/mol.